The van der Waals surface area contributed by atoms with Gasteiger partial charge in [-0.15, -0.1) is 0 Å². The Hall–Kier alpha value is -2.29. The molecule has 0 unspecified atom stereocenters. The van der Waals surface area contributed by atoms with Crippen LogP contribution in [-0.2, 0) is 4.74 Å². The Kier molecular flexibility index (Phi) is 3.97. The summed E-state index contributed by atoms with van der Waals surface area (Å²) in [6.45, 7) is 1.05. The van der Waals surface area contributed by atoms with Gasteiger partial charge in [0.15, 0.2) is 0 Å². The highest BCUT2D eigenvalue weighted by Crippen LogP contribution is 2.07. The molecule has 0 atom stereocenters. The van der Waals surface area contributed by atoms with E-state index in [0.717, 1.165) is 6.42 Å². The van der Waals surface area contributed by atoms with Crippen LogP contribution in [0.25, 0.3) is 5.95 Å². The molecule has 96 valence electrons. The lowest BCUT2D eigenvalue weighted by molar-refractivity contribution is 0.168. The fourth-order valence-corrected chi connectivity index (χ4v) is 1.21. The van der Waals surface area contributed by atoms with E-state index in [2.05, 4.69) is 25.0 Å². The van der Waals surface area contributed by atoms with Crippen LogP contribution >= 0.6 is 0 Å². The summed E-state index contributed by atoms with van der Waals surface area (Å²) in [4.78, 5) is 15.7. The van der Waals surface area contributed by atoms with Gasteiger partial charge in [0.25, 0.3) is 5.95 Å². The monoisotopic (exact) mass is 251 g/mol. The zero-order valence-corrected chi connectivity index (χ0v) is 9.85. The van der Waals surface area contributed by atoms with Gasteiger partial charge in [-0.25, -0.2) is 4.98 Å². The molecule has 2 rings (SSSR count). The number of anilines is 1. The highest BCUT2D eigenvalue weighted by atomic mass is 16.5. The molecule has 2 N–H and O–H groups in total. The van der Waals surface area contributed by atoms with E-state index in [0.29, 0.717) is 13.2 Å². The lowest BCUT2D eigenvalue weighted by Gasteiger charge is -2.05. The third kappa shape index (κ3) is 3.10. The lowest BCUT2D eigenvalue weighted by atomic mass is 10.5. The smallest absolute Gasteiger partial charge is 0.323 e. The number of hydrogen-bond acceptors (Lipinski definition) is 8. The summed E-state index contributed by atoms with van der Waals surface area (Å²) in [5, 5.41) is 3.90. The maximum absolute atomic E-state index is 5.57. The Morgan fingerprint density at radius 2 is 2.17 bits per heavy atom. The van der Waals surface area contributed by atoms with Crippen molar-refractivity contribution in [1.82, 2.24) is 29.7 Å². The molecule has 0 aliphatic rings. The molecule has 0 bridgehead atoms. The Morgan fingerprint density at radius 3 is 2.89 bits per heavy atom. The van der Waals surface area contributed by atoms with E-state index >= 15 is 0 Å². The SMILES string of the molecule is COCCCOc1nc(N)nc(-n2cncn2)n1. The van der Waals surface area contributed by atoms with Crippen LogP contribution in [0.2, 0.25) is 0 Å². The van der Waals surface area contributed by atoms with Crippen molar-refractivity contribution in [2.45, 2.75) is 6.42 Å². The maximum atomic E-state index is 5.57. The van der Waals surface area contributed by atoms with Crippen molar-refractivity contribution >= 4 is 5.95 Å². The zero-order chi connectivity index (χ0) is 12.8. The van der Waals surface area contributed by atoms with Gasteiger partial charge in [-0.3, -0.25) is 0 Å². The Morgan fingerprint density at radius 1 is 1.28 bits per heavy atom. The maximum Gasteiger partial charge on any atom is 0.323 e. The van der Waals surface area contributed by atoms with Gasteiger partial charge in [0, 0.05) is 20.1 Å². The standard InChI is InChI=1S/C9H13N7O2/c1-17-3-2-4-18-9-14-7(10)13-8(15-9)16-6-11-5-12-16/h5-6H,2-4H2,1H3,(H2,10,13,14,15). The molecular formula is C9H13N7O2. The predicted octanol–water partition coefficient (Wildman–Crippen LogP) is -0.550. The average Bonchev–Trinajstić information content (AvgIpc) is 2.88. The highest BCUT2D eigenvalue weighted by Gasteiger charge is 2.07. The van der Waals surface area contributed by atoms with Crippen LogP contribution in [0.3, 0.4) is 0 Å². The summed E-state index contributed by atoms with van der Waals surface area (Å²) >= 11 is 0. The third-order valence-electron chi connectivity index (χ3n) is 1.97. The van der Waals surface area contributed by atoms with Crippen LogP contribution in [0, 0.1) is 0 Å². The fourth-order valence-electron chi connectivity index (χ4n) is 1.21. The van der Waals surface area contributed by atoms with Gasteiger partial charge < -0.3 is 15.2 Å². The third-order valence-corrected chi connectivity index (χ3v) is 1.97. The molecule has 0 amide bonds. The summed E-state index contributed by atoms with van der Waals surface area (Å²) in [5.41, 5.74) is 5.57. The van der Waals surface area contributed by atoms with E-state index < -0.39 is 0 Å². The molecule has 0 aromatic carbocycles. The molecular weight excluding hydrogens is 238 g/mol. The van der Waals surface area contributed by atoms with E-state index in [1.165, 1.54) is 17.3 Å². The van der Waals surface area contributed by atoms with Gasteiger partial charge >= 0.3 is 6.01 Å². The van der Waals surface area contributed by atoms with Gasteiger partial charge in [0.2, 0.25) is 5.95 Å². The number of nitrogens with zero attached hydrogens (tertiary/aromatic N) is 6. The second kappa shape index (κ2) is 5.87. The first-order valence-corrected chi connectivity index (χ1v) is 5.28. The van der Waals surface area contributed by atoms with Gasteiger partial charge in [-0.05, 0) is 0 Å². The second-order valence-electron chi connectivity index (χ2n) is 3.31. The first-order valence-electron chi connectivity index (χ1n) is 5.28. The molecule has 2 aromatic rings. The van der Waals surface area contributed by atoms with Crippen molar-refractivity contribution in [2.75, 3.05) is 26.1 Å². The number of rotatable bonds is 6. The zero-order valence-electron chi connectivity index (χ0n) is 9.85. The topological polar surface area (TPSA) is 114 Å². The van der Waals surface area contributed by atoms with Crippen LogP contribution in [0.15, 0.2) is 12.7 Å². The fraction of sp³-hybridized carbons (Fsp3) is 0.444. The molecule has 2 aromatic heterocycles. The van der Waals surface area contributed by atoms with Crippen LogP contribution in [0.5, 0.6) is 6.01 Å². The van der Waals surface area contributed by atoms with Crippen molar-refractivity contribution in [3.8, 4) is 12.0 Å². The summed E-state index contributed by atoms with van der Waals surface area (Å²) in [6, 6.07) is 0.157. The molecule has 2 heterocycles. The highest BCUT2D eigenvalue weighted by molar-refractivity contribution is 5.23. The molecule has 9 heteroatoms. The minimum Gasteiger partial charge on any atom is -0.463 e. The summed E-state index contributed by atoms with van der Waals surface area (Å²) < 4.78 is 11.6. The van der Waals surface area contributed by atoms with Crippen molar-refractivity contribution in [1.29, 1.82) is 0 Å². The van der Waals surface area contributed by atoms with Crippen LogP contribution in [0.4, 0.5) is 5.95 Å². The van der Waals surface area contributed by atoms with Crippen LogP contribution in [-0.4, -0.2) is 50.0 Å². The van der Waals surface area contributed by atoms with E-state index in [-0.39, 0.29) is 17.9 Å². The van der Waals surface area contributed by atoms with Crippen molar-refractivity contribution < 1.29 is 9.47 Å². The average molecular weight is 251 g/mol. The van der Waals surface area contributed by atoms with Gasteiger partial charge in [0.05, 0.1) is 6.61 Å². The van der Waals surface area contributed by atoms with Crippen molar-refractivity contribution in [3.63, 3.8) is 0 Å². The van der Waals surface area contributed by atoms with Gasteiger partial charge in [-0.1, -0.05) is 0 Å². The molecule has 18 heavy (non-hydrogen) atoms. The van der Waals surface area contributed by atoms with E-state index in [4.69, 9.17) is 15.2 Å². The lowest BCUT2D eigenvalue weighted by Crippen LogP contribution is -2.10. The minimum atomic E-state index is 0.0669. The van der Waals surface area contributed by atoms with Crippen molar-refractivity contribution in [3.05, 3.63) is 12.7 Å². The number of methoxy groups -OCH3 is 1. The second-order valence-corrected chi connectivity index (χ2v) is 3.31. The number of hydrogen-bond donors (Lipinski definition) is 1. The minimum absolute atomic E-state index is 0.0669. The molecule has 0 aliphatic carbocycles. The van der Waals surface area contributed by atoms with Gasteiger partial charge in [-0.2, -0.15) is 24.7 Å². The first-order chi connectivity index (χ1) is 8.79. The summed E-state index contributed by atoms with van der Waals surface area (Å²) in [7, 11) is 1.63. The van der Waals surface area contributed by atoms with Crippen LogP contribution < -0.4 is 10.5 Å². The molecule has 9 nitrogen and oxygen atoms in total. The van der Waals surface area contributed by atoms with E-state index in [9.17, 15) is 0 Å². The Balaban J connectivity index is 2.07. The van der Waals surface area contributed by atoms with E-state index in [1.54, 1.807) is 7.11 Å². The molecule has 0 aliphatic heterocycles. The Bertz CT molecular complexity index is 488. The number of ether oxygens (including phenoxy) is 2. The molecule has 0 saturated carbocycles. The number of nitrogens with two attached hydrogens (primary N) is 1. The summed E-state index contributed by atoms with van der Waals surface area (Å²) in [5.74, 6) is 0.332. The predicted molar refractivity (Wildman–Crippen MR) is 61.1 cm³/mol. The molecule has 0 spiro atoms. The van der Waals surface area contributed by atoms with Gasteiger partial charge in [0.1, 0.15) is 12.7 Å². The van der Waals surface area contributed by atoms with Crippen LogP contribution in [0.1, 0.15) is 6.42 Å². The number of aromatic nitrogens is 6. The molecule has 0 radical (unpaired) electrons. The number of nitrogen functional groups attached to an aromatic ring is 1. The first kappa shape index (κ1) is 12.2. The Labute approximate surface area is 103 Å². The normalized spacial score (nSPS) is 10.5. The van der Waals surface area contributed by atoms with E-state index in [1.807, 2.05) is 0 Å². The largest absolute Gasteiger partial charge is 0.463 e. The van der Waals surface area contributed by atoms with Crippen molar-refractivity contribution in [2.24, 2.45) is 0 Å². The summed E-state index contributed by atoms with van der Waals surface area (Å²) in [6.07, 6.45) is 3.57. The molecule has 0 fully saturated rings. The quantitative estimate of drug-likeness (QED) is 0.680. The molecule has 0 saturated heterocycles.